The second-order valence-corrected chi connectivity index (χ2v) is 5.50. The van der Waals surface area contributed by atoms with Gasteiger partial charge in [-0.3, -0.25) is 0 Å². The summed E-state index contributed by atoms with van der Waals surface area (Å²) in [5, 5.41) is 3.40. The Kier molecular flexibility index (Phi) is 6.96. The third-order valence-electron chi connectivity index (χ3n) is 3.24. The second kappa shape index (κ2) is 8.22. The number of aromatic nitrogens is 1. The average molecular weight is 279 g/mol. The highest BCUT2D eigenvalue weighted by atomic mass is 16.5. The van der Waals surface area contributed by atoms with Crippen molar-refractivity contribution in [1.29, 1.82) is 0 Å². The van der Waals surface area contributed by atoms with Crippen LogP contribution in [0, 0.1) is 13.8 Å². The van der Waals surface area contributed by atoms with Gasteiger partial charge in [-0.05, 0) is 45.9 Å². The summed E-state index contributed by atoms with van der Waals surface area (Å²) in [6, 6.07) is 2.15. The predicted molar refractivity (Wildman–Crippen MR) is 85.4 cm³/mol. The summed E-state index contributed by atoms with van der Waals surface area (Å²) < 4.78 is 5.63. The van der Waals surface area contributed by atoms with E-state index in [9.17, 15) is 0 Å². The maximum atomic E-state index is 5.63. The van der Waals surface area contributed by atoms with Gasteiger partial charge in [-0.25, -0.2) is 4.98 Å². The summed E-state index contributed by atoms with van der Waals surface area (Å²) in [6.07, 6.45) is 0.275. The number of nitrogens with zero attached hydrogens (tertiary/aromatic N) is 2. The summed E-state index contributed by atoms with van der Waals surface area (Å²) in [4.78, 5) is 6.90. The Morgan fingerprint density at radius 2 is 2.05 bits per heavy atom. The molecule has 0 unspecified atom stereocenters. The maximum absolute atomic E-state index is 5.63. The molecule has 0 fully saturated rings. The quantitative estimate of drug-likeness (QED) is 0.794. The average Bonchev–Trinajstić information content (AvgIpc) is 2.36. The van der Waals surface area contributed by atoms with Gasteiger partial charge < -0.3 is 15.0 Å². The van der Waals surface area contributed by atoms with Gasteiger partial charge in [0.05, 0.1) is 12.7 Å². The lowest BCUT2D eigenvalue weighted by Gasteiger charge is -2.23. The summed E-state index contributed by atoms with van der Waals surface area (Å²) >= 11 is 0. The topological polar surface area (TPSA) is 37.4 Å². The van der Waals surface area contributed by atoms with Gasteiger partial charge in [-0.15, -0.1) is 0 Å². The highest BCUT2D eigenvalue weighted by Crippen LogP contribution is 2.21. The van der Waals surface area contributed by atoms with E-state index in [4.69, 9.17) is 9.72 Å². The molecule has 0 aliphatic carbocycles. The molecule has 0 saturated carbocycles. The van der Waals surface area contributed by atoms with Gasteiger partial charge in [-0.2, -0.15) is 0 Å². The Bertz CT molecular complexity index is 418. The van der Waals surface area contributed by atoms with E-state index in [0.717, 1.165) is 37.8 Å². The van der Waals surface area contributed by atoms with Gasteiger partial charge in [0, 0.05) is 31.4 Å². The Balaban J connectivity index is 2.84. The Hall–Kier alpha value is -1.13. The van der Waals surface area contributed by atoms with Crippen LogP contribution in [0.15, 0.2) is 6.07 Å². The van der Waals surface area contributed by atoms with Crippen molar-refractivity contribution in [3.8, 4) is 0 Å². The lowest BCUT2D eigenvalue weighted by molar-refractivity contribution is 0.0845. The van der Waals surface area contributed by atoms with Crippen LogP contribution in [0.2, 0.25) is 0 Å². The van der Waals surface area contributed by atoms with Crippen molar-refractivity contribution in [3.63, 3.8) is 0 Å². The highest BCUT2D eigenvalue weighted by molar-refractivity contribution is 5.51. The molecule has 0 radical (unpaired) electrons. The van der Waals surface area contributed by atoms with E-state index in [2.05, 4.69) is 51.0 Å². The van der Waals surface area contributed by atoms with Crippen LogP contribution in [0.25, 0.3) is 0 Å². The number of anilines is 1. The molecule has 1 heterocycles. The lowest BCUT2D eigenvalue weighted by atomic mass is 10.1. The standard InChI is InChI=1S/C16H29N3O/c1-7-17-11-15-13(4)10-14(5)18-16(15)19(6)8-9-20-12(2)3/h10,12,17H,7-9,11H2,1-6H3. The van der Waals surface area contributed by atoms with Crippen LogP contribution >= 0.6 is 0 Å². The molecule has 1 N–H and O–H groups in total. The predicted octanol–water partition coefficient (Wildman–Crippen LogP) is 2.67. The first-order chi connectivity index (χ1) is 9.45. The van der Waals surface area contributed by atoms with Crippen LogP contribution in [-0.2, 0) is 11.3 Å². The number of likely N-dealkylation sites (N-methyl/N-ethyl adjacent to an activating group) is 1. The van der Waals surface area contributed by atoms with E-state index in [1.807, 2.05) is 6.92 Å². The number of aryl methyl sites for hydroxylation is 2. The molecule has 0 amide bonds. The van der Waals surface area contributed by atoms with Crippen LogP contribution in [0.5, 0.6) is 0 Å². The number of pyridine rings is 1. The normalized spacial score (nSPS) is 11.2. The van der Waals surface area contributed by atoms with E-state index in [0.29, 0.717) is 0 Å². The fourth-order valence-corrected chi connectivity index (χ4v) is 2.16. The third kappa shape index (κ3) is 5.10. The van der Waals surface area contributed by atoms with Crippen molar-refractivity contribution < 1.29 is 4.74 Å². The first kappa shape index (κ1) is 16.9. The molecule has 0 aromatic carbocycles. The van der Waals surface area contributed by atoms with Crippen LogP contribution < -0.4 is 10.2 Å². The summed E-state index contributed by atoms with van der Waals surface area (Å²) in [6.45, 7) is 13.9. The number of rotatable bonds is 8. The summed E-state index contributed by atoms with van der Waals surface area (Å²) in [5.74, 6) is 1.07. The van der Waals surface area contributed by atoms with E-state index in [1.165, 1.54) is 11.1 Å². The Morgan fingerprint density at radius 3 is 2.65 bits per heavy atom. The molecule has 4 nitrogen and oxygen atoms in total. The zero-order valence-corrected chi connectivity index (χ0v) is 13.8. The molecule has 1 rings (SSSR count). The van der Waals surface area contributed by atoms with E-state index in [1.54, 1.807) is 0 Å². The molecule has 0 aliphatic rings. The first-order valence-corrected chi connectivity index (χ1v) is 7.46. The van der Waals surface area contributed by atoms with Crippen LogP contribution in [-0.4, -0.2) is 37.8 Å². The Labute approximate surface area is 123 Å². The van der Waals surface area contributed by atoms with Gasteiger partial charge in [0.2, 0.25) is 0 Å². The fourth-order valence-electron chi connectivity index (χ4n) is 2.16. The monoisotopic (exact) mass is 279 g/mol. The molecule has 0 atom stereocenters. The van der Waals surface area contributed by atoms with Crippen LogP contribution in [0.4, 0.5) is 5.82 Å². The van der Waals surface area contributed by atoms with Gasteiger partial charge in [0.25, 0.3) is 0 Å². The number of hydrogen-bond donors (Lipinski definition) is 1. The van der Waals surface area contributed by atoms with Crippen molar-refractivity contribution in [1.82, 2.24) is 10.3 Å². The SMILES string of the molecule is CCNCc1c(C)cc(C)nc1N(C)CCOC(C)C. The number of ether oxygens (including phenoxy) is 1. The molecule has 20 heavy (non-hydrogen) atoms. The third-order valence-corrected chi connectivity index (χ3v) is 3.24. The van der Waals surface area contributed by atoms with Gasteiger partial charge in [0.15, 0.2) is 0 Å². The molecule has 0 bridgehead atoms. The lowest BCUT2D eigenvalue weighted by Crippen LogP contribution is -2.27. The summed E-state index contributed by atoms with van der Waals surface area (Å²) in [7, 11) is 2.08. The van der Waals surface area contributed by atoms with Crippen molar-refractivity contribution >= 4 is 5.82 Å². The van der Waals surface area contributed by atoms with E-state index >= 15 is 0 Å². The molecular weight excluding hydrogens is 250 g/mol. The van der Waals surface area contributed by atoms with Crippen molar-refractivity contribution in [2.45, 2.75) is 47.3 Å². The largest absolute Gasteiger partial charge is 0.377 e. The van der Waals surface area contributed by atoms with E-state index in [-0.39, 0.29) is 6.10 Å². The highest BCUT2D eigenvalue weighted by Gasteiger charge is 2.12. The Morgan fingerprint density at radius 1 is 1.35 bits per heavy atom. The van der Waals surface area contributed by atoms with Crippen molar-refractivity contribution in [2.24, 2.45) is 0 Å². The maximum Gasteiger partial charge on any atom is 0.133 e. The smallest absolute Gasteiger partial charge is 0.133 e. The fraction of sp³-hybridized carbons (Fsp3) is 0.688. The van der Waals surface area contributed by atoms with Crippen LogP contribution in [0.3, 0.4) is 0 Å². The van der Waals surface area contributed by atoms with Crippen LogP contribution in [0.1, 0.15) is 37.6 Å². The summed E-state index contributed by atoms with van der Waals surface area (Å²) in [5.41, 5.74) is 3.64. The molecular formula is C16H29N3O. The number of nitrogens with one attached hydrogen (secondary N) is 1. The number of hydrogen-bond acceptors (Lipinski definition) is 4. The van der Waals surface area contributed by atoms with Gasteiger partial charge >= 0.3 is 0 Å². The molecule has 1 aromatic heterocycles. The molecule has 114 valence electrons. The molecule has 0 spiro atoms. The molecule has 0 saturated heterocycles. The van der Waals surface area contributed by atoms with Crippen molar-refractivity contribution in [2.75, 3.05) is 31.6 Å². The first-order valence-electron chi connectivity index (χ1n) is 7.46. The zero-order valence-electron chi connectivity index (χ0n) is 13.8. The van der Waals surface area contributed by atoms with E-state index < -0.39 is 0 Å². The minimum atomic E-state index is 0.275. The molecule has 1 aromatic rings. The second-order valence-electron chi connectivity index (χ2n) is 5.50. The van der Waals surface area contributed by atoms with Gasteiger partial charge in [0.1, 0.15) is 5.82 Å². The van der Waals surface area contributed by atoms with Gasteiger partial charge in [-0.1, -0.05) is 6.92 Å². The zero-order chi connectivity index (χ0) is 15.1. The minimum absolute atomic E-state index is 0.275. The molecule has 0 aliphatic heterocycles. The minimum Gasteiger partial charge on any atom is -0.377 e. The molecule has 4 heteroatoms. The van der Waals surface area contributed by atoms with Crippen molar-refractivity contribution in [3.05, 3.63) is 22.9 Å².